The van der Waals surface area contributed by atoms with Gasteiger partial charge in [-0.2, -0.15) is 0 Å². The summed E-state index contributed by atoms with van der Waals surface area (Å²) in [6.07, 6.45) is 2.14. The third-order valence-electron chi connectivity index (χ3n) is 5.30. The second kappa shape index (κ2) is 10.1. The second-order valence-corrected chi connectivity index (χ2v) is 8.68. The van der Waals surface area contributed by atoms with Crippen LogP contribution in [0.5, 0.6) is 5.75 Å². The number of aliphatic hydroxyl groups is 1. The van der Waals surface area contributed by atoms with Gasteiger partial charge in [-0.05, 0) is 50.1 Å². The number of carbonyl (C=O) groups is 3. The van der Waals surface area contributed by atoms with Crippen LogP contribution in [0.4, 0.5) is 5.13 Å². The fraction of sp³-hybridized carbons (Fsp3) is 0.280. The molecule has 3 aromatic rings. The first kappa shape index (κ1) is 24.2. The zero-order valence-corrected chi connectivity index (χ0v) is 20.3. The third-order valence-corrected chi connectivity index (χ3v) is 6.43. The number of rotatable bonds is 9. The first-order chi connectivity index (χ1) is 16.9. The summed E-state index contributed by atoms with van der Waals surface area (Å²) in [7, 11) is 0. The van der Waals surface area contributed by atoms with Gasteiger partial charge in [-0.25, -0.2) is 9.78 Å². The first-order valence-electron chi connectivity index (χ1n) is 11.1. The highest BCUT2D eigenvalue weighted by Gasteiger charge is 2.47. The van der Waals surface area contributed by atoms with Crippen molar-refractivity contribution in [1.29, 1.82) is 0 Å². The van der Waals surface area contributed by atoms with Gasteiger partial charge in [0.15, 0.2) is 16.7 Å². The van der Waals surface area contributed by atoms with Crippen molar-refractivity contribution in [3.8, 4) is 5.75 Å². The Balaban J connectivity index is 1.84. The summed E-state index contributed by atoms with van der Waals surface area (Å²) in [4.78, 5) is 44.9. The Morgan fingerprint density at radius 1 is 1.23 bits per heavy atom. The lowest BCUT2D eigenvalue weighted by Gasteiger charge is -2.24. The van der Waals surface area contributed by atoms with E-state index in [-0.39, 0.29) is 27.9 Å². The number of Topliss-reactive ketones (excluding diaryl/α,β-unsaturated/α-hetero) is 1. The zero-order valence-electron chi connectivity index (χ0n) is 19.4. The molecule has 0 saturated heterocycles. The number of nitrogens with zero attached hydrogens (tertiary/aromatic N) is 2. The molecule has 0 bridgehead atoms. The highest BCUT2D eigenvalue weighted by Crippen LogP contribution is 2.44. The van der Waals surface area contributed by atoms with Crippen molar-refractivity contribution in [2.24, 2.45) is 0 Å². The Bertz CT molecular complexity index is 1290. The first-order valence-corrected chi connectivity index (χ1v) is 11.9. The molecule has 1 atom stereocenters. The third kappa shape index (κ3) is 4.57. The molecule has 182 valence electrons. The van der Waals surface area contributed by atoms with Crippen molar-refractivity contribution < 1.29 is 33.4 Å². The topological polar surface area (TPSA) is 119 Å². The Morgan fingerprint density at radius 3 is 2.71 bits per heavy atom. The lowest BCUT2D eigenvalue weighted by Crippen LogP contribution is -2.31. The van der Waals surface area contributed by atoms with E-state index in [1.165, 1.54) is 17.2 Å². The molecule has 2 aromatic heterocycles. The minimum absolute atomic E-state index is 0.0212. The van der Waals surface area contributed by atoms with E-state index >= 15 is 0 Å². The SMILES string of the molecule is CCCOc1cccc(C2C(C(=O)c3ccco3)=C(O)C(=O)N2c2nc(C)c(C(=O)OCC)s2)c1. The van der Waals surface area contributed by atoms with Gasteiger partial charge in [-0.15, -0.1) is 0 Å². The van der Waals surface area contributed by atoms with Gasteiger partial charge >= 0.3 is 5.97 Å². The van der Waals surface area contributed by atoms with Crippen LogP contribution < -0.4 is 9.64 Å². The van der Waals surface area contributed by atoms with Gasteiger partial charge in [-0.3, -0.25) is 14.5 Å². The van der Waals surface area contributed by atoms with Crippen LogP contribution in [-0.4, -0.2) is 41.0 Å². The molecule has 1 aliphatic rings. The molecule has 3 heterocycles. The van der Waals surface area contributed by atoms with E-state index in [0.29, 0.717) is 23.6 Å². The molecule has 1 unspecified atom stereocenters. The summed E-state index contributed by atoms with van der Waals surface area (Å²) in [5, 5.41) is 11.0. The fourth-order valence-corrected chi connectivity index (χ4v) is 4.74. The van der Waals surface area contributed by atoms with Crippen LogP contribution >= 0.6 is 11.3 Å². The average molecular weight is 497 g/mol. The Kier molecular flexibility index (Phi) is 7.02. The zero-order chi connectivity index (χ0) is 25.1. The number of furan rings is 1. The van der Waals surface area contributed by atoms with Crippen molar-refractivity contribution in [3.05, 3.63) is 75.9 Å². The Hall–Kier alpha value is -3.92. The minimum atomic E-state index is -1.02. The average Bonchev–Trinajstić information content (AvgIpc) is 3.57. The molecule has 4 rings (SSSR count). The number of esters is 1. The Morgan fingerprint density at radius 2 is 2.03 bits per heavy atom. The van der Waals surface area contributed by atoms with Crippen LogP contribution in [0.3, 0.4) is 0 Å². The number of hydrogen-bond acceptors (Lipinski definition) is 9. The van der Waals surface area contributed by atoms with E-state index in [9.17, 15) is 19.5 Å². The molecule has 0 radical (unpaired) electrons. The summed E-state index contributed by atoms with van der Waals surface area (Å²) >= 11 is 0.954. The number of carbonyl (C=O) groups excluding carboxylic acids is 3. The van der Waals surface area contributed by atoms with Crippen molar-refractivity contribution in [2.75, 3.05) is 18.1 Å². The number of anilines is 1. The van der Waals surface area contributed by atoms with E-state index in [1.54, 1.807) is 44.2 Å². The minimum Gasteiger partial charge on any atom is -0.503 e. The van der Waals surface area contributed by atoms with E-state index in [2.05, 4.69) is 4.98 Å². The highest BCUT2D eigenvalue weighted by atomic mass is 32.1. The Labute approximate surface area is 205 Å². The summed E-state index contributed by atoms with van der Waals surface area (Å²) < 4.78 is 16.1. The maximum absolute atomic E-state index is 13.3. The van der Waals surface area contributed by atoms with Crippen molar-refractivity contribution in [1.82, 2.24) is 4.98 Å². The quantitative estimate of drug-likeness (QED) is 0.332. The largest absolute Gasteiger partial charge is 0.503 e. The van der Waals surface area contributed by atoms with Crippen LogP contribution in [0.2, 0.25) is 0 Å². The lowest BCUT2D eigenvalue weighted by molar-refractivity contribution is -0.117. The molecule has 1 amide bonds. The van der Waals surface area contributed by atoms with Gasteiger partial charge in [0.1, 0.15) is 10.6 Å². The summed E-state index contributed by atoms with van der Waals surface area (Å²) in [5.74, 6) is -2.18. The number of thiazole rings is 1. The standard InChI is InChI=1S/C25H24N2O7S/c1-4-11-33-16-9-6-8-15(13-16)19-18(20(28)17-10-7-12-34-17)21(29)23(30)27(19)25-26-14(3)22(35-25)24(31)32-5-2/h6-10,12-13,19,29H,4-5,11H2,1-3H3. The highest BCUT2D eigenvalue weighted by molar-refractivity contribution is 7.17. The predicted molar refractivity (Wildman–Crippen MR) is 128 cm³/mol. The number of aryl methyl sites for hydroxylation is 1. The molecule has 0 aliphatic carbocycles. The molecule has 1 N–H and O–H groups in total. The number of benzene rings is 1. The number of hydrogen-bond donors (Lipinski definition) is 1. The number of aliphatic hydroxyl groups excluding tert-OH is 1. The number of aromatic nitrogens is 1. The molecule has 1 aliphatic heterocycles. The van der Waals surface area contributed by atoms with E-state index < -0.39 is 29.5 Å². The van der Waals surface area contributed by atoms with Crippen molar-refractivity contribution >= 4 is 34.1 Å². The smallest absolute Gasteiger partial charge is 0.350 e. The summed E-state index contributed by atoms with van der Waals surface area (Å²) in [6.45, 7) is 5.98. The van der Waals surface area contributed by atoms with E-state index in [1.807, 2.05) is 6.92 Å². The van der Waals surface area contributed by atoms with E-state index in [4.69, 9.17) is 13.9 Å². The molecule has 9 nitrogen and oxygen atoms in total. The van der Waals surface area contributed by atoms with Crippen LogP contribution in [0, 0.1) is 6.92 Å². The van der Waals surface area contributed by atoms with Crippen LogP contribution in [-0.2, 0) is 9.53 Å². The fourth-order valence-electron chi connectivity index (χ4n) is 3.76. The summed E-state index contributed by atoms with van der Waals surface area (Å²) in [6, 6.07) is 8.93. The second-order valence-electron chi connectivity index (χ2n) is 7.70. The molecule has 0 fully saturated rings. The van der Waals surface area contributed by atoms with Crippen LogP contribution in [0.15, 0.2) is 58.4 Å². The molecular formula is C25H24N2O7S. The van der Waals surface area contributed by atoms with E-state index in [0.717, 1.165) is 17.8 Å². The van der Waals surface area contributed by atoms with Crippen LogP contribution in [0.1, 0.15) is 57.8 Å². The van der Waals surface area contributed by atoms with Crippen molar-refractivity contribution in [2.45, 2.75) is 33.2 Å². The summed E-state index contributed by atoms with van der Waals surface area (Å²) in [5.41, 5.74) is 0.750. The molecule has 1 aromatic carbocycles. The maximum Gasteiger partial charge on any atom is 0.350 e. The maximum atomic E-state index is 13.3. The van der Waals surface area contributed by atoms with Gasteiger partial charge in [0.2, 0.25) is 5.78 Å². The molecule has 35 heavy (non-hydrogen) atoms. The van der Waals surface area contributed by atoms with Gasteiger partial charge in [0.25, 0.3) is 5.91 Å². The molecule has 0 saturated carbocycles. The van der Waals surface area contributed by atoms with Gasteiger partial charge in [-0.1, -0.05) is 30.4 Å². The molecular weight excluding hydrogens is 472 g/mol. The molecule has 10 heteroatoms. The number of amides is 1. The molecule has 0 spiro atoms. The lowest BCUT2D eigenvalue weighted by atomic mass is 9.95. The number of ether oxygens (including phenoxy) is 2. The van der Waals surface area contributed by atoms with Gasteiger partial charge in [0, 0.05) is 0 Å². The van der Waals surface area contributed by atoms with Crippen molar-refractivity contribution in [3.63, 3.8) is 0 Å². The normalized spacial score (nSPS) is 15.6. The monoisotopic (exact) mass is 496 g/mol. The van der Waals surface area contributed by atoms with Gasteiger partial charge < -0.3 is 19.0 Å². The van der Waals surface area contributed by atoms with Gasteiger partial charge in [0.05, 0.1) is 36.8 Å². The number of ketones is 1. The van der Waals surface area contributed by atoms with Crippen LogP contribution in [0.25, 0.3) is 0 Å². The predicted octanol–water partition coefficient (Wildman–Crippen LogP) is 4.79.